The number of hydrogen-bond acceptors (Lipinski definition) is 8. The van der Waals surface area contributed by atoms with Gasteiger partial charge >= 0.3 is 5.97 Å². The molecule has 1 fully saturated rings. The van der Waals surface area contributed by atoms with Crippen LogP contribution < -0.4 is 15.5 Å². The lowest BCUT2D eigenvalue weighted by Crippen LogP contribution is -2.37. The molecule has 180 valence electrons. The molecule has 1 saturated heterocycles. The Morgan fingerprint density at radius 1 is 1.14 bits per heavy atom. The molecule has 10 heteroatoms. The molecule has 3 N–H and O–H groups in total. The summed E-state index contributed by atoms with van der Waals surface area (Å²) in [6, 6.07) is 11.0. The van der Waals surface area contributed by atoms with Gasteiger partial charge in [-0.1, -0.05) is 19.1 Å². The van der Waals surface area contributed by atoms with Gasteiger partial charge in [0.2, 0.25) is 5.95 Å². The number of aromatic carboxylic acids is 1. The zero-order valence-corrected chi connectivity index (χ0v) is 19.3. The van der Waals surface area contributed by atoms with Gasteiger partial charge < -0.3 is 25.4 Å². The Balaban J connectivity index is 1.28. The molecule has 0 saturated carbocycles. The van der Waals surface area contributed by atoms with E-state index in [1.165, 1.54) is 23.9 Å². The van der Waals surface area contributed by atoms with Crippen LogP contribution in [0.2, 0.25) is 0 Å². The van der Waals surface area contributed by atoms with Crippen molar-refractivity contribution < 1.29 is 19.4 Å². The van der Waals surface area contributed by atoms with Crippen molar-refractivity contribution in [3.05, 3.63) is 70.7 Å². The Hall–Kier alpha value is -4.05. The van der Waals surface area contributed by atoms with E-state index in [1.54, 1.807) is 0 Å². The first-order chi connectivity index (χ1) is 17.0. The van der Waals surface area contributed by atoms with Gasteiger partial charge in [-0.3, -0.25) is 9.78 Å². The number of ether oxygens (including phenoxy) is 1. The first kappa shape index (κ1) is 22.7. The molecule has 0 aliphatic carbocycles. The maximum atomic E-state index is 12.6. The molecule has 10 nitrogen and oxygen atoms in total. The van der Waals surface area contributed by atoms with Gasteiger partial charge in [0.1, 0.15) is 11.5 Å². The number of nitrogens with zero attached hydrogens (tertiary/aromatic N) is 4. The zero-order chi connectivity index (χ0) is 24.4. The predicted octanol–water partition coefficient (Wildman–Crippen LogP) is 2.91. The molecular formula is C25H26N6O4. The summed E-state index contributed by atoms with van der Waals surface area (Å²) in [5.74, 6) is -0.0815. The highest BCUT2D eigenvalue weighted by molar-refractivity contribution is 5.94. The molecule has 4 heterocycles. The number of benzene rings is 1. The second kappa shape index (κ2) is 9.67. The summed E-state index contributed by atoms with van der Waals surface area (Å²) in [4.78, 5) is 39.1. The number of amides is 1. The Bertz CT molecular complexity index is 1250. The summed E-state index contributed by atoms with van der Waals surface area (Å²) in [6.07, 6.45) is 2.90. The molecule has 2 aliphatic rings. The monoisotopic (exact) mass is 474 g/mol. The molecule has 3 aromatic rings. The smallest absolute Gasteiger partial charge is 0.337 e. The van der Waals surface area contributed by atoms with E-state index >= 15 is 0 Å². The number of carboxylic acid groups (broad SMARTS) is 1. The van der Waals surface area contributed by atoms with Gasteiger partial charge in [-0.25, -0.2) is 9.78 Å². The summed E-state index contributed by atoms with van der Waals surface area (Å²) in [6.45, 7) is 4.29. The average molecular weight is 475 g/mol. The molecule has 2 aromatic heterocycles. The van der Waals surface area contributed by atoms with Crippen LogP contribution in [0.15, 0.2) is 42.6 Å². The number of pyridine rings is 1. The number of rotatable bonds is 7. The first-order valence-corrected chi connectivity index (χ1v) is 11.6. The third-order valence-corrected chi connectivity index (χ3v) is 6.24. The van der Waals surface area contributed by atoms with E-state index in [0.717, 1.165) is 35.6 Å². The van der Waals surface area contributed by atoms with E-state index < -0.39 is 5.97 Å². The van der Waals surface area contributed by atoms with E-state index in [-0.39, 0.29) is 23.2 Å². The summed E-state index contributed by atoms with van der Waals surface area (Å²) < 4.78 is 5.63. The van der Waals surface area contributed by atoms with Crippen LogP contribution in [0.4, 0.5) is 17.5 Å². The van der Waals surface area contributed by atoms with Crippen molar-refractivity contribution in [2.75, 3.05) is 23.3 Å². The molecule has 1 amide bonds. The number of carbonyl (C=O) groups is 2. The molecule has 35 heavy (non-hydrogen) atoms. The van der Waals surface area contributed by atoms with Crippen molar-refractivity contribution in [3.63, 3.8) is 0 Å². The number of hydrogen-bond donors (Lipinski definition) is 3. The fraction of sp³-hybridized carbons (Fsp3) is 0.320. The zero-order valence-electron chi connectivity index (χ0n) is 19.3. The van der Waals surface area contributed by atoms with Crippen molar-refractivity contribution in [2.24, 2.45) is 0 Å². The second-order valence-electron chi connectivity index (χ2n) is 8.61. The van der Waals surface area contributed by atoms with Crippen LogP contribution in [0.1, 0.15) is 51.0 Å². The third-order valence-electron chi connectivity index (χ3n) is 6.24. The lowest BCUT2D eigenvalue weighted by molar-refractivity contribution is 0.0695. The number of nitrogens with one attached hydrogen (secondary N) is 2. The van der Waals surface area contributed by atoms with Crippen LogP contribution in [0.25, 0.3) is 0 Å². The highest BCUT2D eigenvalue weighted by atomic mass is 16.5. The average Bonchev–Trinajstić information content (AvgIpc) is 3.54. The highest BCUT2D eigenvalue weighted by Crippen LogP contribution is 2.30. The lowest BCUT2D eigenvalue weighted by atomic mass is 10.1. The fourth-order valence-electron chi connectivity index (χ4n) is 4.22. The molecule has 1 unspecified atom stereocenters. The molecule has 0 bridgehead atoms. The third kappa shape index (κ3) is 4.92. The lowest BCUT2D eigenvalue weighted by Gasteiger charge is -2.19. The van der Waals surface area contributed by atoms with Gasteiger partial charge in [-0.05, 0) is 42.7 Å². The molecule has 0 radical (unpaired) electrons. The van der Waals surface area contributed by atoms with Crippen LogP contribution in [-0.2, 0) is 24.4 Å². The van der Waals surface area contributed by atoms with Crippen molar-refractivity contribution in [2.45, 2.75) is 39.0 Å². The van der Waals surface area contributed by atoms with Crippen molar-refractivity contribution >= 4 is 29.3 Å². The SMILES string of the molecule is CCc1ccc(Nc2nc(N3CCC(NC(=O)c4ccc(C(=O)O)cn4)C3)nc3c2COC3)cc1. The van der Waals surface area contributed by atoms with Gasteiger partial charge in [-0.15, -0.1) is 0 Å². The van der Waals surface area contributed by atoms with E-state index in [2.05, 4.69) is 39.6 Å². The number of carboxylic acids is 1. The minimum absolute atomic E-state index is 0.0389. The summed E-state index contributed by atoms with van der Waals surface area (Å²) >= 11 is 0. The van der Waals surface area contributed by atoms with E-state index in [0.29, 0.717) is 32.3 Å². The van der Waals surface area contributed by atoms with Crippen LogP contribution in [0.3, 0.4) is 0 Å². The summed E-state index contributed by atoms with van der Waals surface area (Å²) in [7, 11) is 0. The van der Waals surface area contributed by atoms with Gasteiger partial charge in [0, 0.05) is 36.6 Å². The van der Waals surface area contributed by atoms with Gasteiger partial charge in [0.05, 0.1) is 24.5 Å². The number of aromatic nitrogens is 3. The number of carbonyl (C=O) groups excluding carboxylic acids is 1. The number of aryl methyl sites for hydroxylation is 1. The molecule has 1 atom stereocenters. The maximum absolute atomic E-state index is 12.6. The highest BCUT2D eigenvalue weighted by Gasteiger charge is 2.29. The molecule has 2 aliphatic heterocycles. The Kier molecular flexibility index (Phi) is 6.28. The fourth-order valence-corrected chi connectivity index (χ4v) is 4.22. The largest absolute Gasteiger partial charge is 0.478 e. The van der Waals surface area contributed by atoms with Crippen molar-refractivity contribution in [1.29, 1.82) is 0 Å². The van der Waals surface area contributed by atoms with Gasteiger partial charge in [0.25, 0.3) is 5.91 Å². The van der Waals surface area contributed by atoms with E-state index in [9.17, 15) is 9.59 Å². The van der Waals surface area contributed by atoms with E-state index in [1.807, 2.05) is 12.1 Å². The quantitative estimate of drug-likeness (QED) is 0.473. The Morgan fingerprint density at radius 2 is 1.97 bits per heavy atom. The first-order valence-electron chi connectivity index (χ1n) is 11.6. The summed E-state index contributed by atoms with van der Waals surface area (Å²) in [5, 5.41) is 15.4. The molecule has 0 spiro atoms. The van der Waals surface area contributed by atoms with Crippen LogP contribution in [0, 0.1) is 0 Å². The number of fused-ring (bicyclic) bond motifs is 1. The van der Waals surface area contributed by atoms with Crippen LogP contribution in [0.5, 0.6) is 0 Å². The standard InChI is InChI=1S/C25H26N6O4/c1-2-15-3-6-17(7-4-15)27-22-19-13-35-14-21(19)29-25(30-22)31-10-9-18(12-31)28-23(32)20-8-5-16(11-26-20)24(33)34/h3-8,11,18H,2,9-10,12-14H2,1H3,(H,28,32)(H,33,34)(H,27,29,30). The van der Waals surface area contributed by atoms with Crippen LogP contribution in [-0.4, -0.2) is 51.1 Å². The van der Waals surface area contributed by atoms with Crippen molar-refractivity contribution in [3.8, 4) is 0 Å². The molecule has 5 rings (SSSR count). The number of anilines is 3. The van der Waals surface area contributed by atoms with E-state index in [4.69, 9.17) is 19.8 Å². The maximum Gasteiger partial charge on any atom is 0.337 e. The van der Waals surface area contributed by atoms with Gasteiger partial charge in [-0.2, -0.15) is 4.98 Å². The minimum Gasteiger partial charge on any atom is -0.478 e. The van der Waals surface area contributed by atoms with Crippen molar-refractivity contribution in [1.82, 2.24) is 20.3 Å². The normalized spacial score (nSPS) is 16.7. The Labute approximate surface area is 202 Å². The van der Waals surface area contributed by atoms with Gasteiger partial charge in [0.15, 0.2) is 0 Å². The van der Waals surface area contributed by atoms with Crippen LogP contribution >= 0.6 is 0 Å². The molecule has 1 aromatic carbocycles. The Morgan fingerprint density at radius 3 is 2.69 bits per heavy atom. The topological polar surface area (TPSA) is 130 Å². The predicted molar refractivity (Wildman–Crippen MR) is 129 cm³/mol. The molecular weight excluding hydrogens is 448 g/mol. The summed E-state index contributed by atoms with van der Waals surface area (Å²) in [5.41, 5.74) is 4.28. The minimum atomic E-state index is -1.08. The second-order valence-corrected chi connectivity index (χ2v) is 8.61.